The molecule has 1 aromatic heterocycles. The fourth-order valence-corrected chi connectivity index (χ4v) is 3.84. The van der Waals surface area contributed by atoms with Gasteiger partial charge < -0.3 is 24.8 Å². The van der Waals surface area contributed by atoms with Crippen LogP contribution in [0.2, 0.25) is 0 Å². The number of fused-ring (bicyclic) bond motifs is 1. The van der Waals surface area contributed by atoms with Crippen molar-refractivity contribution in [1.29, 1.82) is 0 Å². The Bertz CT molecular complexity index is 949. The molecule has 1 saturated heterocycles. The molecule has 164 valence electrons. The summed E-state index contributed by atoms with van der Waals surface area (Å²) in [5.41, 5.74) is 0.712. The summed E-state index contributed by atoms with van der Waals surface area (Å²) in [6.45, 7) is 9.50. The predicted octanol–water partition coefficient (Wildman–Crippen LogP) is 2.51. The summed E-state index contributed by atoms with van der Waals surface area (Å²) in [5.74, 6) is 1.86. The van der Waals surface area contributed by atoms with Crippen LogP contribution in [0.25, 0.3) is 0 Å². The molecule has 0 radical (unpaired) electrons. The van der Waals surface area contributed by atoms with Crippen molar-refractivity contribution < 1.29 is 19.4 Å². The van der Waals surface area contributed by atoms with Crippen LogP contribution >= 0.6 is 0 Å². The van der Waals surface area contributed by atoms with Crippen LogP contribution in [0.15, 0.2) is 49.2 Å². The van der Waals surface area contributed by atoms with Crippen LogP contribution in [0.1, 0.15) is 23.7 Å². The number of anilines is 2. The molecule has 1 aromatic carbocycles. The maximum absolute atomic E-state index is 12.6. The maximum atomic E-state index is 12.6. The van der Waals surface area contributed by atoms with Gasteiger partial charge in [0.15, 0.2) is 11.5 Å². The molecule has 2 aromatic rings. The molecule has 1 fully saturated rings. The maximum Gasteiger partial charge on any atom is 0.255 e. The first-order valence-corrected chi connectivity index (χ1v) is 10.4. The molecule has 0 aliphatic carbocycles. The van der Waals surface area contributed by atoms with E-state index in [1.807, 2.05) is 25.1 Å². The number of aromatic nitrogens is 1. The highest BCUT2D eigenvalue weighted by Crippen LogP contribution is 2.32. The van der Waals surface area contributed by atoms with Gasteiger partial charge in [-0.05, 0) is 43.7 Å². The van der Waals surface area contributed by atoms with Gasteiger partial charge in [0.1, 0.15) is 5.82 Å². The lowest BCUT2D eigenvalue weighted by atomic mass is 10.0. The molecule has 31 heavy (non-hydrogen) atoms. The number of pyridine rings is 1. The summed E-state index contributed by atoms with van der Waals surface area (Å²) in [6.07, 6.45) is 4.46. The molecule has 4 rings (SSSR count). The van der Waals surface area contributed by atoms with Gasteiger partial charge in [-0.2, -0.15) is 0 Å². The zero-order valence-corrected chi connectivity index (χ0v) is 17.7. The Morgan fingerprint density at radius 1 is 1.23 bits per heavy atom. The Morgan fingerprint density at radius 3 is 2.81 bits per heavy atom. The molecule has 0 bridgehead atoms. The van der Waals surface area contributed by atoms with Crippen LogP contribution in [0, 0.1) is 0 Å². The van der Waals surface area contributed by atoms with Crippen molar-refractivity contribution in [1.82, 2.24) is 9.88 Å². The van der Waals surface area contributed by atoms with Crippen molar-refractivity contribution in [3.63, 3.8) is 0 Å². The van der Waals surface area contributed by atoms with Crippen LogP contribution in [-0.4, -0.2) is 66.0 Å². The Balaban J connectivity index is 1.38. The molecular formula is C23H28N4O4. The lowest BCUT2D eigenvalue weighted by Crippen LogP contribution is -2.49. The van der Waals surface area contributed by atoms with Crippen molar-refractivity contribution in [3.8, 4) is 11.5 Å². The van der Waals surface area contributed by atoms with Crippen molar-refractivity contribution >= 4 is 17.4 Å². The monoisotopic (exact) mass is 424 g/mol. The molecule has 0 saturated carbocycles. The molecule has 2 aliphatic rings. The van der Waals surface area contributed by atoms with E-state index >= 15 is 0 Å². The average molecular weight is 425 g/mol. The minimum atomic E-state index is -0.410. The Hall–Kier alpha value is -3.10. The van der Waals surface area contributed by atoms with Gasteiger partial charge in [-0.15, -0.1) is 6.58 Å². The largest absolute Gasteiger partial charge is 0.454 e. The van der Waals surface area contributed by atoms with Gasteiger partial charge in [-0.25, -0.2) is 4.98 Å². The Labute approximate surface area is 182 Å². The minimum Gasteiger partial charge on any atom is -0.454 e. The third-order valence-corrected chi connectivity index (χ3v) is 5.94. The third-order valence-electron chi connectivity index (χ3n) is 5.94. The standard InChI is InChI=1S/C23H28N4O4/c1-3-23(2,15-28)27-10-4-9-26(11-12-27)21-8-6-18(14-24-21)25-22(29)17-5-7-19-20(13-17)31-16-30-19/h3,5-8,13-14,28H,1,4,9-12,15-16H2,2H3,(H,25,29). The lowest BCUT2D eigenvalue weighted by Gasteiger charge is -2.37. The molecule has 8 heteroatoms. The minimum absolute atomic E-state index is 0.0481. The number of ether oxygens (including phenoxy) is 2. The van der Waals surface area contributed by atoms with E-state index in [4.69, 9.17) is 9.47 Å². The van der Waals surface area contributed by atoms with Gasteiger partial charge in [0, 0.05) is 31.7 Å². The quantitative estimate of drug-likeness (QED) is 0.689. The number of aliphatic hydroxyl groups excluding tert-OH is 1. The van der Waals surface area contributed by atoms with Crippen molar-refractivity contribution in [2.45, 2.75) is 18.9 Å². The molecule has 8 nitrogen and oxygen atoms in total. The first-order chi connectivity index (χ1) is 15.0. The molecule has 3 heterocycles. The number of nitrogens with zero attached hydrogens (tertiary/aromatic N) is 3. The van der Waals surface area contributed by atoms with Crippen LogP contribution in [-0.2, 0) is 0 Å². The smallest absolute Gasteiger partial charge is 0.255 e. The fourth-order valence-electron chi connectivity index (χ4n) is 3.84. The average Bonchev–Trinajstić information content (AvgIpc) is 3.13. The summed E-state index contributed by atoms with van der Waals surface area (Å²) in [5, 5.41) is 12.6. The highest BCUT2D eigenvalue weighted by atomic mass is 16.7. The number of aliphatic hydroxyl groups is 1. The zero-order chi connectivity index (χ0) is 21.8. The number of carbonyl (C=O) groups excluding carboxylic acids is 1. The van der Waals surface area contributed by atoms with Crippen LogP contribution < -0.4 is 19.7 Å². The first-order valence-electron chi connectivity index (χ1n) is 10.4. The molecule has 0 spiro atoms. The van der Waals surface area contributed by atoms with Gasteiger partial charge in [0.05, 0.1) is 24.0 Å². The van der Waals surface area contributed by atoms with Crippen molar-refractivity contribution in [3.05, 3.63) is 54.7 Å². The van der Waals surface area contributed by atoms with Crippen LogP contribution in [0.4, 0.5) is 11.5 Å². The second-order valence-electron chi connectivity index (χ2n) is 7.97. The first kappa shape index (κ1) is 21.1. The number of nitrogens with one attached hydrogen (secondary N) is 1. The van der Waals surface area contributed by atoms with Gasteiger partial charge in [-0.1, -0.05) is 6.08 Å². The summed E-state index contributed by atoms with van der Waals surface area (Å²) < 4.78 is 10.6. The van der Waals surface area contributed by atoms with Crippen molar-refractivity contribution in [2.75, 3.05) is 49.8 Å². The summed E-state index contributed by atoms with van der Waals surface area (Å²) in [6, 6.07) is 8.89. The summed E-state index contributed by atoms with van der Waals surface area (Å²) >= 11 is 0. The van der Waals surface area contributed by atoms with E-state index in [0.29, 0.717) is 22.7 Å². The van der Waals surface area contributed by atoms with E-state index in [2.05, 4.69) is 26.7 Å². The molecular weight excluding hydrogens is 396 g/mol. The van der Waals surface area contributed by atoms with Crippen LogP contribution in [0.3, 0.4) is 0 Å². The van der Waals surface area contributed by atoms with Gasteiger partial charge in [0.25, 0.3) is 5.91 Å². The number of benzene rings is 1. The van der Waals surface area contributed by atoms with E-state index in [0.717, 1.165) is 38.4 Å². The number of amides is 1. The van der Waals surface area contributed by atoms with E-state index in [-0.39, 0.29) is 19.3 Å². The molecule has 2 N–H and O–H groups in total. The highest BCUT2D eigenvalue weighted by molar-refractivity contribution is 6.04. The number of carbonyl (C=O) groups is 1. The second kappa shape index (κ2) is 8.95. The number of hydrogen-bond donors (Lipinski definition) is 2. The van der Waals surface area contributed by atoms with E-state index in [1.165, 1.54) is 0 Å². The number of rotatable bonds is 6. The lowest BCUT2D eigenvalue weighted by molar-refractivity contribution is 0.0854. The Morgan fingerprint density at radius 2 is 2.06 bits per heavy atom. The molecule has 1 unspecified atom stereocenters. The summed E-state index contributed by atoms with van der Waals surface area (Å²) in [4.78, 5) is 21.6. The van der Waals surface area contributed by atoms with Gasteiger partial charge in [0.2, 0.25) is 6.79 Å². The van der Waals surface area contributed by atoms with Gasteiger partial charge in [-0.3, -0.25) is 9.69 Å². The number of hydrogen-bond acceptors (Lipinski definition) is 7. The van der Waals surface area contributed by atoms with Crippen molar-refractivity contribution in [2.24, 2.45) is 0 Å². The SMILES string of the molecule is C=CC(C)(CO)N1CCCN(c2ccc(NC(=O)c3ccc4c(c3)OCO4)cn2)CC1. The third kappa shape index (κ3) is 4.50. The highest BCUT2D eigenvalue weighted by Gasteiger charge is 2.29. The summed E-state index contributed by atoms with van der Waals surface area (Å²) in [7, 11) is 0. The van der Waals surface area contributed by atoms with E-state index in [9.17, 15) is 9.90 Å². The molecule has 2 aliphatic heterocycles. The van der Waals surface area contributed by atoms with E-state index < -0.39 is 5.54 Å². The normalized spacial score (nSPS) is 18.2. The second-order valence-corrected chi connectivity index (χ2v) is 7.97. The predicted molar refractivity (Wildman–Crippen MR) is 119 cm³/mol. The zero-order valence-electron chi connectivity index (χ0n) is 17.7. The molecule has 1 atom stereocenters. The van der Waals surface area contributed by atoms with Gasteiger partial charge >= 0.3 is 0 Å². The molecule has 1 amide bonds. The van der Waals surface area contributed by atoms with Crippen LogP contribution in [0.5, 0.6) is 11.5 Å². The topological polar surface area (TPSA) is 87.2 Å². The fraction of sp³-hybridized carbons (Fsp3) is 0.391. The van der Waals surface area contributed by atoms with E-state index in [1.54, 1.807) is 24.4 Å². The Kier molecular flexibility index (Phi) is 6.11.